The third-order valence-corrected chi connectivity index (χ3v) is 6.09. The number of carboxylic acids is 1. The predicted molar refractivity (Wildman–Crippen MR) is 109 cm³/mol. The van der Waals surface area contributed by atoms with E-state index in [4.69, 9.17) is 19.6 Å². The molecule has 2 saturated heterocycles. The van der Waals surface area contributed by atoms with Crippen LogP contribution in [-0.2, 0) is 18.8 Å². The average Bonchev–Trinajstić information content (AvgIpc) is 3.02. The van der Waals surface area contributed by atoms with E-state index in [2.05, 4.69) is 10.0 Å². The minimum atomic E-state index is -1.66. The number of hydrogen-bond acceptors (Lipinski definition) is 7. The highest BCUT2D eigenvalue weighted by Crippen LogP contribution is 2.40. The second-order valence-corrected chi connectivity index (χ2v) is 10.1. The zero-order chi connectivity index (χ0) is 23.0. The topological polar surface area (TPSA) is 136 Å². The van der Waals surface area contributed by atoms with Crippen molar-refractivity contribution in [3.8, 4) is 0 Å². The highest BCUT2D eigenvalue weighted by molar-refractivity contribution is 6.45. The second kappa shape index (κ2) is 8.28. The van der Waals surface area contributed by atoms with Crippen LogP contribution in [0.2, 0.25) is 6.32 Å². The molecule has 2 heterocycles. The molecule has 30 heavy (non-hydrogen) atoms. The van der Waals surface area contributed by atoms with Crippen molar-refractivity contribution in [2.75, 3.05) is 13.1 Å². The van der Waals surface area contributed by atoms with E-state index in [0.29, 0.717) is 19.2 Å². The van der Waals surface area contributed by atoms with Crippen LogP contribution >= 0.6 is 0 Å². The molecule has 2 fully saturated rings. The molecule has 2 aliphatic rings. The van der Waals surface area contributed by atoms with E-state index in [1.54, 1.807) is 20.8 Å². The van der Waals surface area contributed by atoms with Gasteiger partial charge in [-0.3, -0.25) is 0 Å². The van der Waals surface area contributed by atoms with Gasteiger partial charge in [0, 0.05) is 12.5 Å². The normalized spacial score (nSPS) is 27.6. The van der Waals surface area contributed by atoms with Crippen LogP contribution in [0.4, 0.5) is 4.79 Å². The maximum Gasteiger partial charge on any atom is 0.457 e. The van der Waals surface area contributed by atoms with Gasteiger partial charge in [-0.15, -0.1) is 0 Å². The molecule has 0 radical (unpaired) electrons. The molecule has 0 spiro atoms. The predicted octanol–water partition coefficient (Wildman–Crippen LogP) is 3.10. The summed E-state index contributed by atoms with van der Waals surface area (Å²) in [6.07, 6.45) is 1.08. The van der Waals surface area contributed by atoms with Crippen molar-refractivity contribution in [1.29, 1.82) is 5.53 Å². The van der Waals surface area contributed by atoms with Crippen LogP contribution in [0.15, 0.2) is 5.11 Å². The summed E-state index contributed by atoms with van der Waals surface area (Å²) in [6, 6.07) is 0. The average molecular weight is 425 g/mol. The van der Waals surface area contributed by atoms with E-state index in [1.165, 1.54) is 4.90 Å². The largest absolute Gasteiger partial charge is 0.479 e. The van der Waals surface area contributed by atoms with Gasteiger partial charge in [-0.1, -0.05) is 6.42 Å². The summed E-state index contributed by atoms with van der Waals surface area (Å²) < 4.78 is 17.4. The lowest BCUT2D eigenvalue weighted by atomic mass is 9.78. The van der Waals surface area contributed by atoms with Gasteiger partial charge < -0.3 is 24.1 Å². The van der Waals surface area contributed by atoms with Gasteiger partial charge in [-0.2, -0.15) is 0 Å². The molecule has 0 saturated carbocycles. The summed E-state index contributed by atoms with van der Waals surface area (Å²) >= 11 is 0. The third kappa shape index (κ3) is 5.02. The molecular formula is C19H34BN4O6+. The molecule has 0 aliphatic carbocycles. The van der Waals surface area contributed by atoms with Crippen molar-refractivity contribution >= 4 is 19.2 Å². The monoisotopic (exact) mass is 425 g/mol. The lowest BCUT2D eigenvalue weighted by Crippen LogP contribution is -2.45. The number of nitrogens with one attached hydrogen (secondary N) is 1. The summed E-state index contributed by atoms with van der Waals surface area (Å²) in [6.45, 7) is 13.1. The van der Waals surface area contributed by atoms with Crippen LogP contribution in [0.1, 0.15) is 61.3 Å². The maximum absolute atomic E-state index is 12.5. The van der Waals surface area contributed by atoms with Crippen LogP contribution in [0.5, 0.6) is 0 Å². The van der Waals surface area contributed by atoms with Gasteiger partial charge in [-0.05, 0) is 61.2 Å². The van der Waals surface area contributed by atoms with Crippen molar-refractivity contribution in [2.45, 2.75) is 90.0 Å². The number of ether oxygens (including phenoxy) is 1. The first-order chi connectivity index (χ1) is 13.6. The molecule has 10 nitrogen and oxygen atoms in total. The molecule has 2 aliphatic heterocycles. The molecule has 2 rings (SSSR count). The summed E-state index contributed by atoms with van der Waals surface area (Å²) in [7, 11) is -0.379. The van der Waals surface area contributed by atoms with Crippen LogP contribution < -0.4 is 4.91 Å². The number of carboxylic acid groups (broad SMARTS) is 1. The zero-order valence-corrected chi connectivity index (χ0v) is 19.0. The Morgan fingerprint density at radius 1 is 1.27 bits per heavy atom. The Kier molecular flexibility index (Phi) is 6.71. The minimum absolute atomic E-state index is 0.170. The Morgan fingerprint density at radius 3 is 2.30 bits per heavy atom. The second-order valence-electron chi connectivity index (χ2n) is 10.1. The number of nitrogens with zero attached hydrogens (tertiary/aromatic N) is 3. The van der Waals surface area contributed by atoms with E-state index < -0.39 is 40.3 Å². The first kappa shape index (κ1) is 24.3. The van der Waals surface area contributed by atoms with Crippen molar-refractivity contribution < 1.29 is 28.7 Å². The number of carbonyl (C=O) groups is 2. The number of rotatable bonds is 6. The summed E-state index contributed by atoms with van der Waals surface area (Å²) in [5.41, 5.74) is 3.90. The van der Waals surface area contributed by atoms with Crippen LogP contribution in [-0.4, -0.2) is 64.6 Å². The molecule has 0 aromatic heterocycles. The lowest BCUT2D eigenvalue weighted by Gasteiger charge is -2.32. The molecule has 2 atom stereocenters. The van der Waals surface area contributed by atoms with Gasteiger partial charge in [0.2, 0.25) is 4.91 Å². The number of amides is 1. The molecule has 168 valence electrons. The van der Waals surface area contributed by atoms with Gasteiger partial charge in [0.05, 0.1) is 17.7 Å². The van der Waals surface area contributed by atoms with Crippen LogP contribution in [0.3, 0.4) is 0 Å². The van der Waals surface area contributed by atoms with Crippen LogP contribution in [0.25, 0.3) is 0 Å². The van der Waals surface area contributed by atoms with Gasteiger partial charge in [0.25, 0.3) is 5.54 Å². The SMILES string of the molecule is CC(C)(C)OC(=O)N1CC(CCCB2OC(C)(C)C(C)(C)O2)C(N=[N+]=N)(C(=O)O)C1. The number of carbonyl (C=O) groups excluding carboxylic acids is 1. The van der Waals surface area contributed by atoms with Crippen molar-refractivity contribution in [1.82, 2.24) is 9.81 Å². The summed E-state index contributed by atoms with van der Waals surface area (Å²) in [5.74, 6) is -1.70. The van der Waals surface area contributed by atoms with Crippen molar-refractivity contribution in [2.24, 2.45) is 11.0 Å². The first-order valence-electron chi connectivity index (χ1n) is 10.3. The van der Waals surface area contributed by atoms with Crippen molar-refractivity contribution in [3.05, 3.63) is 0 Å². The fourth-order valence-corrected chi connectivity index (χ4v) is 3.80. The van der Waals surface area contributed by atoms with E-state index in [1.807, 2.05) is 27.7 Å². The highest BCUT2D eigenvalue weighted by Gasteiger charge is 2.59. The Balaban J connectivity index is 2.09. The van der Waals surface area contributed by atoms with Gasteiger partial charge >= 0.3 is 19.2 Å². The standard InChI is InChI=1S/C19H33BN4O6/c1-16(2,3)28-15(27)24-11-13(19(12-24,14(25)26)22-23-21)9-8-10-20-29-17(4,5)18(6,7)30-20/h13,21H,8-12H2,1-7H3/p+1. The van der Waals surface area contributed by atoms with Crippen LogP contribution in [0, 0.1) is 11.4 Å². The Morgan fingerprint density at radius 2 is 1.83 bits per heavy atom. The summed E-state index contributed by atoms with van der Waals surface area (Å²) in [4.78, 5) is 29.0. The highest BCUT2D eigenvalue weighted by atomic mass is 16.7. The third-order valence-electron chi connectivity index (χ3n) is 6.09. The Hall–Kier alpha value is -1.97. The quantitative estimate of drug-likeness (QED) is 0.381. The van der Waals surface area contributed by atoms with Crippen molar-refractivity contribution in [3.63, 3.8) is 0 Å². The molecule has 2 unspecified atom stereocenters. The Labute approximate surface area is 178 Å². The van der Waals surface area contributed by atoms with Gasteiger partial charge in [0.1, 0.15) is 16.2 Å². The first-order valence-corrected chi connectivity index (χ1v) is 10.3. The maximum atomic E-state index is 12.5. The zero-order valence-electron chi connectivity index (χ0n) is 19.0. The van der Waals surface area contributed by atoms with Gasteiger partial charge in [0.15, 0.2) is 0 Å². The molecule has 1 amide bonds. The fraction of sp³-hybridized carbons (Fsp3) is 0.895. The molecule has 0 aromatic carbocycles. The smallest absolute Gasteiger partial charge is 0.457 e. The minimum Gasteiger partial charge on any atom is -0.479 e. The van der Waals surface area contributed by atoms with E-state index in [0.717, 1.165) is 0 Å². The molecule has 11 heteroatoms. The Bertz CT molecular complexity index is 711. The van der Waals surface area contributed by atoms with E-state index in [9.17, 15) is 14.7 Å². The number of likely N-dealkylation sites (tertiary alicyclic amines) is 1. The van der Waals surface area contributed by atoms with E-state index >= 15 is 0 Å². The lowest BCUT2D eigenvalue weighted by molar-refractivity contribution is -0.144. The molecule has 2 N–H and O–H groups in total. The summed E-state index contributed by atoms with van der Waals surface area (Å²) in [5, 5.41) is 13.6. The number of hydrogen-bond donors (Lipinski definition) is 2. The molecular weight excluding hydrogens is 391 g/mol. The van der Waals surface area contributed by atoms with E-state index in [-0.39, 0.29) is 20.2 Å². The number of aliphatic carboxylic acids is 1. The van der Waals surface area contributed by atoms with Gasteiger partial charge in [-0.25, -0.2) is 9.59 Å². The fourth-order valence-electron chi connectivity index (χ4n) is 3.80. The molecule has 0 aromatic rings. The molecule has 0 bridgehead atoms.